The van der Waals surface area contributed by atoms with Crippen LogP contribution in [-0.2, 0) is 4.79 Å². The lowest BCUT2D eigenvalue weighted by Gasteiger charge is -2.21. The maximum absolute atomic E-state index is 12.2. The Balaban J connectivity index is 1.77. The van der Waals surface area contributed by atoms with Gasteiger partial charge in [-0.05, 0) is 50.0 Å². The van der Waals surface area contributed by atoms with Crippen molar-refractivity contribution in [1.29, 1.82) is 0 Å². The minimum Gasteiger partial charge on any atom is -0.349 e. The predicted molar refractivity (Wildman–Crippen MR) is 84.9 cm³/mol. The first kappa shape index (κ1) is 16.0. The Labute approximate surface area is 127 Å². The first-order valence-electron chi connectivity index (χ1n) is 8.21. The lowest BCUT2D eigenvalue weighted by atomic mass is 10.1. The SMILES string of the molecule is CC[C@H](NC(=O)CCN1CCCCCC1)c1ccncc1. The number of likely N-dealkylation sites (tertiary alicyclic amines) is 1. The molecule has 1 amide bonds. The van der Waals surface area contributed by atoms with Crippen LogP contribution in [0.1, 0.15) is 57.1 Å². The molecule has 1 atom stereocenters. The molecule has 21 heavy (non-hydrogen) atoms. The van der Waals surface area contributed by atoms with Gasteiger partial charge in [0.05, 0.1) is 6.04 Å². The lowest BCUT2D eigenvalue weighted by molar-refractivity contribution is -0.122. The zero-order chi connectivity index (χ0) is 14.9. The van der Waals surface area contributed by atoms with Crippen molar-refractivity contribution in [2.24, 2.45) is 0 Å². The van der Waals surface area contributed by atoms with Crippen LogP contribution < -0.4 is 5.32 Å². The third-order valence-corrected chi connectivity index (χ3v) is 4.21. The summed E-state index contributed by atoms with van der Waals surface area (Å²) in [6.45, 7) is 5.28. The molecule has 0 saturated carbocycles. The van der Waals surface area contributed by atoms with Gasteiger partial charge in [0.1, 0.15) is 0 Å². The average molecular weight is 289 g/mol. The van der Waals surface area contributed by atoms with Crippen molar-refractivity contribution >= 4 is 5.91 Å². The first-order valence-corrected chi connectivity index (χ1v) is 8.21. The summed E-state index contributed by atoms with van der Waals surface area (Å²) < 4.78 is 0. The van der Waals surface area contributed by atoms with Gasteiger partial charge in [-0.3, -0.25) is 9.78 Å². The van der Waals surface area contributed by atoms with Gasteiger partial charge in [0.25, 0.3) is 0 Å². The van der Waals surface area contributed by atoms with E-state index in [1.807, 2.05) is 12.1 Å². The molecule has 1 saturated heterocycles. The van der Waals surface area contributed by atoms with Gasteiger partial charge in [-0.2, -0.15) is 0 Å². The van der Waals surface area contributed by atoms with Crippen LogP contribution in [0.15, 0.2) is 24.5 Å². The van der Waals surface area contributed by atoms with Crippen LogP contribution in [0.5, 0.6) is 0 Å². The Hall–Kier alpha value is -1.42. The monoisotopic (exact) mass is 289 g/mol. The van der Waals surface area contributed by atoms with E-state index in [1.54, 1.807) is 12.4 Å². The highest BCUT2D eigenvalue weighted by Gasteiger charge is 2.14. The molecule has 116 valence electrons. The highest BCUT2D eigenvalue weighted by atomic mass is 16.1. The summed E-state index contributed by atoms with van der Waals surface area (Å²) in [4.78, 5) is 18.6. The van der Waals surface area contributed by atoms with E-state index in [-0.39, 0.29) is 11.9 Å². The molecule has 2 rings (SSSR count). The predicted octanol–water partition coefficient (Wildman–Crippen LogP) is 2.92. The van der Waals surface area contributed by atoms with E-state index < -0.39 is 0 Å². The molecule has 1 aromatic heterocycles. The van der Waals surface area contributed by atoms with Crippen LogP contribution in [0.3, 0.4) is 0 Å². The molecule has 0 radical (unpaired) electrons. The molecule has 0 aliphatic carbocycles. The summed E-state index contributed by atoms with van der Waals surface area (Å²) in [7, 11) is 0. The molecule has 4 heteroatoms. The van der Waals surface area contributed by atoms with Crippen molar-refractivity contribution < 1.29 is 4.79 Å². The topological polar surface area (TPSA) is 45.2 Å². The van der Waals surface area contributed by atoms with E-state index in [0.29, 0.717) is 6.42 Å². The van der Waals surface area contributed by atoms with E-state index in [4.69, 9.17) is 0 Å². The van der Waals surface area contributed by atoms with Gasteiger partial charge in [0.2, 0.25) is 5.91 Å². The summed E-state index contributed by atoms with van der Waals surface area (Å²) in [5, 5.41) is 3.14. The summed E-state index contributed by atoms with van der Waals surface area (Å²) in [6.07, 6.45) is 10.3. The lowest BCUT2D eigenvalue weighted by Crippen LogP contribution is -2.33. The number of carbonyl (C=O) groups is 1. The number of pyridine rings is 1. The standard InChI is InChI=1S/C17H27N3O/c1-2-16(15-7-10-18-11-8-15)19-17(21)9-14-20-12-5-3-4-6-13-20/h7-8,10-11,16H,2-6,9,12-14H2,1H3,(H,19,21)/t16-/m0/s1. The van der Waals surface area contributed by atoms with E-state index in [9.17, 15) is 4.79 Å². The Morgan fingerprint density at radius 1 is 1.24 bits per heavy atom. The van der Waals surface area contributed by atoms with Gasteiger partial charge in [-0.1, -0.05) is 19.8 Å². The molecule has 1 aliphatic heterocycles. The fourth-order valence-corrected chi connectivity index (χ4v) is 2.90. The van der Waals surface area contributed by atoms with E-state index in [0.717, 1.165) is 31.6 Å². The second kappa shape index (κ2) is 8.78. The van der Waals surface area contributed by atoms with Crippen molar-refractivity contribution in [2.45, 2.75) is 51.5 Å². The molecule has 1 N–H and O–H groups in total. The van der Waals surface area contributed by atoms with Gasteiger partial charge >= 0.3 is 0 Å². The zero-order valence-corrected chi connectivity index (χ0v) is 13.1. The zero-order valence-electron chi connectivity index (χ0n) is 13.1. The van der Waals surface area contributed by atoms with E-state index in [2.05, 4.69) is 22.1 Å². The summed E-state index contributed by atoms with van der Waals surface area (Å²) >= 11 is 0. The quantitative estimate of drug-likeness (QED) is 0.876. The third-order valence-electron chi connectivity index (χ3n) is 4.21. The number of nitrogens with one attached hydrogen (secondary N) is 1. The number of nitrogens with zero attached hydrogens (tertiary/aromatic N) is 2. The molecule has 2 heterocycles. The minimum atomic E-state index is 0.102. The van der Waals surface area contributed by atoms with Gasteiger partial charge in [-0.15, -0.1) is 0 Å². The third kappa shape index (κ3) is 5.46. The highest BCUT2D eigenvalue weighted by Crippen LogP contribution is 2.15. The molecule has 0 aromatic carbocycles. The van der Waals surface area contributed by atoms with Crippen LogP contribution >= 0.6 is 0 Å². The number of amides is 1. The van der Waals surface area contributed by atoms with E-state index >= 15 is 0 Å². The molecule has 1 aliphatic rings. The van der Waals surface area contributed by atoms with Crippen LogP contribution in [0.4, 0.5) is 0 Å². The van der Waals surface area contributed by atoms with Gasteiger partial charge < -0.3 is 10.2 Å². The molecule has 0 bridgehead atoms. The van der Waals surface area contributed by atoms with Crippen LogP contribution in [-0.4, -0.2) is 35.4 Å². The molecular formula is C17H27N3O. The molecule has 0 spiro atoms. The van der Waals surface area contributed by atoms with Crippen molar-refractivity contribution in [3.8, 4) is 0 Å². The highest BCUT2D eigenvalue weighted by molar-refractivity contribution is 5.76. The van der Waals surface area contributed by atoms with Crippen molar-refractivity contribution in [3.05, 3.63) is 30.1 Å². The molecule has 0 unspecified atom stereocenters. The Kier molecular flexibility index (Phi) is 6.67. The van der Waals surface area contributed by atoms with Gasteiger partial charge in [-0.25, -0.2) is 0 Å². The average Bonchev–Trinajstić information content (AvgIpc) is 2.80. The summed E-state index contributed by atoms with van der Waals surface area (Å²) in [5.41, 5.74) is 1.13. The maximum Gasteiger partial charge on any atom is 0.221 e. The number of hydrogen-bond acceptors (Lipinski definition) is 3. The van der Waals surface area contributed by atoms with Crippen LogP contribution in [0, 0.1) is 0 Å². The van der Waals surface area contributed by atoms with E-state index in [1.165, 1.54) is 25.7 Å². The number of aromatic nitrogens is 1. The largest absolute Gasteiger partial charge is 0.349 e. The normalized spacial score (nSPS) is 18.0. The maximum atomic E-state index is 12.2. The molecular weight excluding hydrogens is 262 g/mol. The minimum absolute atomic E-state index is 0.102. The Bertz CT molecular complexity index is 413. The molecule has 4 nitrogen and oxygen atoms in total. The molecule has 1 fully saturated rings. The smallest absolute Gasteiger partial charge is 0.221 e. The van der Waals surface area contributed by atoms with Gasteiger partial charge in [0.15, 0.2) is 0 Å². The van der Waals surface area contributed by atoms with Crippen molar-refractivity contribution in [1.82, 2.24) is 15.2 Å². The number of carbonyl (C=O) groups excluding carboxylic acids is 1. The molecule has 1 aromatic rings. The van der Waals surface area contributed by atoms with Crippen molar-refractivity contribution in [3.63, 3.8) is 0 Å². The summed E-state index contributed by atoms with van der Waals surface area (Å²) in [5.74, 6) is 0.155. The number of hydrogen-bond donors (Lipinski definition) is 1. The fraction of sp³-hybridized carbons (Fsp3) is 0.647. The Morgan fingerprint density at radius 2 is 1.90 bits per heavy atom. The second-order valence-electron chi connectivity index (χ2n) is 5.81. The number of rotatable bonds is 6. The van der Waals surface area contributed by atoms with Crippen LogP contribution in [0.25, 0.3) is 0 Å². The first-order chi connectivity index (χ1) is 10.3. The van der Waals surface area contributed by atoms with Crippen LogP contribution in [0.2, 0.25) is 0 Å². The van der Waals surface area contributed by atoms with Gasteiger partial charge in [0, 0.05) is 25.4 Å². The fourth-order valence-electron chi connectivity index (χ4n) is 2.90. The van der Waals surface area contributed by atoms with Crippen molar-refractivity contribution in [2.75, 3.05) is 19.6 Å². The Morgan fingerprint density at radius 3 is 2.52 bits per heavy atom. The summed E-state index contributed by atoms with van der Waals surface area (Å²) in [6, 6.07) is 4.05. The second-order valence-corrected chi connectivity index (χ2v) is 5.81.